The van der Waals surface area contributed by atoms with Crippen LogP contribution in [0.25, 0.3) is 11.1 Å². The molecule has 0 fully saturated rings. The quantitative estimate of drug-likeness (QED) is 0.0501. The zero-order chi connectivity index (χ0) is 29.6. The molecule has 10 heteroatoms. The minimum absolute atomic E-state index is 0.0380. The predicted octanol–water partition coefficient (Wildman–Crippen LogP) is 8.74. The van der Waals surface area contributed by atoms with Gasteiger partial charge in [0.2, 0.25) is 0 Å². The van der Waals surface area contributed by atoms with Crippen molar-refractivity contribution in [1.82, 2.24) is 0 Å². The van der Waals surface area contributed by atoms with Crippen LogP contribution in [0.1, 0.15) is 125 Å². The highest BCUT2D eigenvalue weighted by Crippen LogP contribution is 2.43. The molecule has 41 heavy (non-hydrogen) atoms. The number of esters is 1. The van der Waals surface area contributed by atoms with E-state index in [1.807, 2.05) is 0 Å². The third kappa shape index (κ3) is 8.83. The molecule has 0 radical (unpaired) electrons. The average Bonchev–Trinajstić information content (AvgIpc) is 3.28. The number of non-ortho nitro benzene ring substituents is 2. The van der Waals surface area contributed by atoms with Crippen LogP contribution in [0.3, 0.4) is 0 Å². The normalized spacial score (nSPS) is 12.8. The van der Waals surface area contributed by atoms with E-state index in [0.717, 1.165) is 25.3 Å². The van der Waals surface area contributed by atoms with Gasteiger partial charge in [-0.3, -0.25) is 20.2 Å². The van der Waals surface area contributed by atoms with E-state index in [-0.39, 0.29) is 40.4 Å². The molecule has 3 rings (SSSR count). The van der Waals surface area contributed by atoms with Gasteiger partial charge in [0.25, 0.3) is 11.4 Å². The second-order valence-corrected chi connectivity index (χ2v) is 10.7. The molecule has 2 aromatic carbocycles. The van der Waals surface area contributed by atoms with E-state index in [2.05, 4.69) is 12.1 Å². The summed E-state index contributed by atoms with van der Waals surface area (Å²) in [6, 6.07) is 6.28. The van der Waals surface area contributed by atoms with Crippen molar-refractivity contribution < 1.29 is 24.6 Å². The molecule has 0 aliphatic heterocycles. The monoisotopic (exact) mass is 567 g/mol. The molecule has 0 unspecified atom stereocenters. The van der Waals surface area contributed by atoms with Crippen LogP contribution in [0.5, 0.6) is 0 Å². The van der Waals surface area contributed by atoms with E-state index >= 15 is 0 Å². The number of ether oxygens (including phenoxy) is 1. The van der Waals surface area contributed by atoms with Crippen LogP contribution in [-0.4, -0.2) is 33.3 Å². The van der Waals surface area contributed by atoms with Crippen LogP contribution in [-0.2, 0) is 4.74 Å². The molecule has 0 saturated heterocycles. The Labute approximate surface area is 241 Å². The van der Waals surface area contributed by atoms with Crippen molar-refractivity contribution in [1.29, 1.82) is 0 Å². The fourth-order valence-corrected chi connectivity index (χ4v) is 5.40. The highest BCUT2D eigenvalue weighted by molar-refractivity contribution is 6.27. The molecule has 0 saturated carbocycles. The largest absolute Gasteiger partial charge is 0.462 e. The lowest BCUT2D eigenvalue weighted by Crippen LogP contribution is -2.10. The van der Waals surface area contributed by atoms with Gasteiger partial charge in [-0.1, -0.05) is 102 Å². The first-order valence-corrected chi connectivity index (χ1v) is 14.9. The number of rotatable bonds is 19. The molecule has 0 atom stereocenters. The van der Waals surface area contributed by atoms with Gasteiger partial charge in [0, 0.05) is 41.0 Å². The summed E-state index contributed by atoms with van der Waals surface area (Å²) in [6.45, 7) is 2.43. The Bertz CT molecular complexity index is 1240. The molecule has 1 N–H and O–H groups in total. The molecule has 0 aromatic heterocycles. The van der Waals surface area contributed by atoms with Gasteiger partial charge >= 0.3 is 5.97 Å². The zero-order valence-corrected chi connectivity index (χ0v) is 23.9. The Morgan fingerprint density at radius 3 is 1.76 bits per heavy atom. The first-order chi connectivity index (χ1) is 19.9. The Balaban J connectivity index is 1.46. The second-order valence-electron chi connectivity index (χ2n) is 10.7. The number of benzene rings is 2. The van der Waals surface area contributed by atoms with E-state index in [0.29, 0.717) is 17.5 Å². The number of nitro groups is 2. The average molecular weight is 568 g/mol. The minimum atomic E-state index is -0.723. The molecule has 0 amide bonds. The zero-order valence-electron chi connectivity index (χ0n) is 23.9. The van der Waals surface area contributed by atoms with Crippen molar-refractivity contribution in [3.63, 3.8) is 0 Å². The maximum Gasteiger partial charge on any atom is 0.339 e. The molecule has 1 aliphatic carbocycles. The molecule has 10 nitrogen and oxygen atoms in total. The molecule has 0 bridgehead atoms. The van der Waals surface area contributed by atoms with Crippen LogP contribution >= 0.6 is 0 Å². The van der Waals surface area contributed by atoms with Gasteiger partial charge in [-0.15, -0.1) is 0 Å². The number of hydrogen-bond acceptors (Lipinski definition) is 8. The minimum Gasteiger partial charge on any atom is -0.462 e. The predicted molar refractivity (Wildman–Crippen MR) is 158 cm³/mol. The number of unbranched alkanes of at least 4 members (excludes halogenated alkanes) is 14. The topological polar surface area (TPSA) is 145 Å². The summed E-state index contributed by atoms with van der Waals surface area (Å²) in [5, 5.41) is 35.7. The van der Waals surface area contributed by atoms with Gasteiger partial charge in [-0.05, 0) is 18.1 Å². The summed E-state index contributed by atoms with van der Waals surface area (Å²) in [5.41, 5.74) is 0.366. The van der Waals surface area contributed by atoms with Crippen molar-refractivity contribution in [2.75, 3.05) is 6.61 Å². The summed E-state index contributed by atoms with van der Waals surface area (Å²) >= 11 is 0. The van der Waals surface area contributed by atoms with Gasteiger partial charge < -0.3 is 9.94 Å². The van der Waals surface area contributed by atoms with Crippen LogP contribution in [0.4, 0.5) is 11.4 Å². The van der Waals surface area contributed by atoms with E-state index < -0.39 is 15.8 Å². The number of carbonyl (C=O) groups is 1. The number of fused-ring (bicyclic) bond motifs is 3. The summed E-state index contributed by atoms with van der Waals surface area (Å²) in [4.78, 5) is 34.6. The standard InChI is InChI=1S/C31H41N3O7/c1-2-3-4-5-6-7-8-9-10-11-12-13-14-15-16-19-41-31(35)28-22-24(34(39)40)21-27-29(28)25-18-17-23(33(37)38)20-26(25)30(27)32-36/h17-18,20-22,36H,2-16,19H2,1H3/b32-30-. The number of oxime groups is 1. The Morgan fingerprint density at radius 1 is 0.732 bits per heavy atom. The summed E-state index contributed by atoms with van der Waals surface area (Å²) in [6.07, 6.45) is 18.3. The Morgan fingerprint density at radius 2 is 1.24 bits per heavy atom. The fraction of sp³-hybridized carbons (Fsp3) is 0.548. The highest BCUT2D eigenvalue weighted by Gasteiger charge is 2.34. The number of hydrogen-bond donors (Lipinski definition) is 1. The van der Waals surface area contributed by atoms with Crippen LogP contribution in [0.2, 0.25) is 0 Å². The van der Waals surface area contributed by atoms with Crippen molar-refractivity contribution in [2.24, 2.45) is 5.16 Å². The van der Waals surface area contributed by atoms with Crippen molar-refractivity contribution in [2.45, 2.75) is 103 Å². The van der Waals surface area contributed by atoms with Crippen molar-refractivity contribution in [3.8, 4) is 11.1 Å². The second kappa shape index (κ2) is 16.4. The third-order valence-corrected chi connectivity index (χ3v) is 7.63. The number of nitro benzene ring substituents is 2. The molecular weight excluding hydrogens is 526 g/mol. The van der Waals surface area contributed by atoms with Gasteiger partial charge in [-0.25, -0.2) is 4.79 Å². The lowest BCUT2D eigenvalue weighted by atomic mass is 9.98. The summed E-state index contributed by atoms with van der Waals surface area (Å²) < 4.78 is 5.48. The first kappa shape index (κ1) is 31.7. The van der Waals surface area contributed by atoms with E-state index in [1.54, 1.807) is 0 Å². The SMILES string of the molecule is CCCCCCCCCCCCCCCCCOC(=O)c1cc([N+](=O)[O-])cc2c1-c1ccc([N+](=O)[O-])cc1/C2=N/O. The number of carbonyl (C=O) groups excluding carboxylic acids is 1. The van der Waals surface area contributed by atoms with Gasteiger partial charge in [0.15, 0.2) is 0 Å². The molecule has 0 heterocycles. The van der Waals surface area contributed by atoms with Crippen molar-refractivity contribution in [3.05, 3.63) is 67.3 Å². The maximum absolute atomic E-state index is 13.1. The molecule has 2 aromatic rings. The van der Waals surface area contributed by atoms with E-state index in [4.69, 9.17) is 4.74 Å². The molecule has 222 valence electrons. The molecule has 0 spiro atoms. The smallest absolute Gasteiger partial charge is 0.339 e. The van der Waals surface area contributed by atoms with Crippen LogP contribution in [0.15, 0.2) is 35.5 Å². The molecule has 1 aliphatic rings. The lowest BCUT2D eigenvalue weighted by molar-refractivity contribution is -0.385. The Hall–Kier alpha value is -3.82. The van der Waals surface area contributed by atoms with Gasteiger partial charge in [-0.2, -0.15) is 0 Å². The third-order valence-electron chi connectivity index (χ3n) is 7.63. The van der Waals surface area contributed by atoms with Crippen molar-refractivity contribution >= 4 is 23.1 Å². The van der Waals surface area contributed by atoms with E-state index in [1.165, 1.54) is 94.9 Å². The first-order valence-electron chi connectivity index (χ1n) is 14.9. The highest BCUT2D eigenvalue weighted by atomic mass is 16.6. The van der Waals surface area contributed by atoms with E-state index in [9.17, 15) is 30.2 Å². The summed E-state index contributed by atoms with van der Waals surface area (Å²) in [5.74, 6) is -0.723. The molecular formula is C31H41N3O7. The van der Waals surface area contributed by atoms with Gasteiger partial charge in [0.05, 0.1) is 22.0 Å². The maximum atomic E-state index is 13.1. The summed E-state index contributed by atoms with van der Waals surface area (Å²) in [7, 11) is 0. The Kier molecular flexibility index (Phi) is 12.7. The fourth-order valence-electron chi connectivity index (χ4n) is 5.40. The van der Waals surface area contributed by atoms with Crippen LogP contribution in [0, 0.1) is 20.2 Å². The van der Waals surface area contributed by atoms with Crippen LogP contribution < -0.4 is 0 Å². The lowest BCUT2D eigenvalue weighted by Gasteiger charge is -2.10. The number of nitrogens with zero attached hydrogens (tertiary/aromatic N) is 3. The van der Waals surface area contributed by atoms with Gasteiger partial charge in [0.1, 0.15) is 5.71 Å².